The highest BCUT2D eigenvalue weighted by Crippen LogP contribution is 2.33. The zero-order valence-electron chi connectivity index (χ0n) is 12.1. The molecule has 1 aromatic rings. The summed E-state index contributed by atoms with van der Waals surface area (Å²) in [5.74, 6) is 0. The Hall–Kier alpha value is -1.79. The highest BCUT2D eigenvalue weighted by Gasteiger charge is 2.34. The third kappa shape index (κ3) is 4.61. The van der Waals surface area contributed by atoms with Crippen LogP contribution in [0.3, 0.4) is 0 Å². The molecule has 0 fully saturated rings. The van der Waals surface area contributed by atoms with Crippen LogP contribution < -0.4 is 4.72 Å². The Balaban J connectivity index is 3.07. The standard InChI is InChI=1S/C13H16F3N3O2S/c1-3-4-7-19(2)22(20,21)18-11-6-5-10(9-17)12(8-11)13(14,15)16/h5-6,8,18H,3-4,7H2,1-2H3. The van der Waals surface area contributed by atoms with Crippen LogP contribution in [0, 0.1) is 11.3 Å². The van der Waals surface area contributed by atoms with E-state index in [-0.39, 0.29) is 12.2 Å². The Morgan fingerprint density at radius 1 is 1.36 bits per heavy atom. The summed E-state index contributed by atoms with van der Waals surface area (Å²) in [5.41, 5.74) is -1.98. The number of halogens is 3. The first-order valence-corrected chi connectivity index (χ1v) is 7.91. The number of benzene rings is 1. The molecule has 0 unspecified atom stereocenters. The van der Waals surface area contributed by atoms with Crippen molar-refractivity contribution in [3.63, 3.8) is 0 Å². The quantitative estimate of drug-likeness (QED) is 0.868. The van der Waals surface area contributed by atoms with Gasteiger partial charge in [0.1, 0.15) is 0 Å². The maximum absolute atomic E-state index is 12.8. The number of anilines is 1. The summed E-state index contributed by atoms with van der Waals surface area (Å²) in [6, 6.07) is 4.11. The van der Waals surface area contributed by atoms with Crippen LogP contribution in [0.2, 0.25) is 0 Å². The van der Waals surface area contributed by atoms with Gasteiger partial charge in [0.15, 0.2) is 0 Å². The molecule has 9 heteroatoms. The number of alkyl halides is 3. The fraction of sp³-hybridized carbons (Fsp3) is 0.462. The summed E-state index contributed by atoms with van der Waals surface area (Å²) in [5, 5.41) is 8.69. The van der Waals surface area contributed by atoms with E-state index in [9.17, 15) is 21.6 Å². The third-order valence-electron chi connectivity index (χ3n) is 2.93. The molecule has 0 atom stereocenters. The highest BCUT2D eigenvalue weighted by molar-refractivity contribution is 7.90. The van der Waals surface area contributed by atoms with E-state index in [1.165, 1.54) is 13.1 Å². The summed E-state index contributed by atoms with van der Waals surface area (Å²) < 4.78 is 65.6. The summed E-state index contributed by atoms with van der Waals surface area (Å²) >= 11 is 0. The molecular weight excluding hydrogens is 319 g/mol. The Morgan fingerprint density at radius 2 is 2.00 bits per heavy atom. The smallest absolute Gasteiger partial charge is 0.271 e. The molecular formula is C13H16F3N3O2S. The first-order valence-electron chi connectivity index (χ1n) is 6.47. The second kappa shape index (κ2) is 6.98. The van der Waals surface area contributed by atoms with Gasteiger partial charge in [-0.15, -0.1) is 0 Å². The predicted octanol–water partition coefficient (Wildman–Crippen LogP) is 2.97. The minimum absolute atomic E-state index is 0.241. The number of unbranched alkanes of at least 4 members (excludes halogenated alkanes) is 1. The molecule has 0 saturated heterocycles. The van der Waals surface area contributed by atoms with E-state index >= 15 is 0 Å². The molecule has 0 aliphatic heterocycles. The summed E-state index contributed by atoms with van der Waals surface area (Å²) in [7, 11) is -2.59. The maximum Gasteiger partial charge on any atom is 0.417 e. The van der Waals surface area contributed by atoms with Crippen molar-refractivity contribution >= 4 is 15.9 Å². The summed E-state index contributed by atoms with van der Waals surface area (Å²) in [4.78, 5) is 0. The zero-order valence-corrected chi connectivity index (χ0v) is 12.9. The van der Waals surface area contributed by atoms with Gasteiger partial charge in [0.25, 0.3) is 0 Å². The number of hydrogen-bond donors (Lipinski definition) is 1. The van der Waals surface area contributed by atoms with Crippen molar-refractivity contribution in [3.8, 4) is 6.07 Å². The highest BCUT2D eigenvalue weighted by atomic mass is 32.2. The molecule has 1 aromatic carbocycles. The number of hydrogen-bond acceptors (Lipinski definition) is 3. The summed E-state index contributed by atoms with van der Waals surface area (Å²) in [6.07, 6.45) is -3.31. The zero-order chi connectivity index (χ0) is 17.0. The van der Waals surface area contributed by atoms with E-state index in [0.29, 0.717) is 12.5 Å². The van der Waals surface area contributed by atoms with Gasteiger partial charge in [0.2, 0.25) is 0 Å². The molecule has 0 aromatic heterocycles. The molecule has 1 N–H and O–H groups in total. The van der Waals surface area contributed by atoms with Crippen LogP contribution >= 0.6 is 0 Å². The predicted molar refractivity (Wildman–Crippen MR) is 76.2 cm³/mol. The van der Waals surface area contributed by atoms with Crippen LogP contribution in [0.25, 0.3) is 0 Å². The number of nitriles is 1. The molecule has 22 heavy (non-hydrogen) atoms. The average molecular weight is 335 g/mol. The minimum atomic E-state index is -4.74. The van der Waals surface area contributed by atoms with Gasteiger partial charge in [-0.3, -0.25) is 4.72 Å². The van der Waals surface area contributed by atoms with Crippen LogP contribution in [0.15, 0.2) is 18.2 Å². The van der Waals surface area contributed by atoms with Crippen molar-refractivity contribution in [2.45, 2.75) is 25.9 Å². The molecule has 0 bridgehead atoms. The molecule has 0 aliphatic carbocycles. The topological polar surface area (TPSA) is 73.2 Å². The Labute approximate surface area is 127 Å². The monoisotopic (exact) mass is 335 g/mol. The molecule has 0 radical (unpaired) electrons. The van der Waals surface area contributed by atoms with Crippen molar-refractivity contribution in [3.05, 3.63) is 29.3 Å². The van der Waals surface area contributed by atoms with Gasteiger partial charge in [0, 0.05) is 13.6 Å². The van der Waals surface area contributed by atoms with E-state index < -0.39 is 27.5 Å². The van der Waals surface area contributed by atoms with E-state index in [0.717, 1.165) is 22.9 Å². The van der Waals surface area contributed by atoms with Gasteiger partial charge in [-0.2, -0.15) is 31.2 Å². The lowest BCUT2D eigenvalue weighted by Gasteiger charge is -2.19. The van der Waals surface area contributed by atoms with E-state index in [2.05, 4.69) is 4.72 Å². The Bertz CT molecular complexity index is 666. The van der Waals surface area contributed by atoms with Crippen LogP contribution in [0.5, 0.6) is 0 Å². The number of nitrogens with zero attached hydrogens (tertiary/aromatic N) is 2. The Morgan fingerprint density at radius 3 is 2.50 bits per heavy atom. The summed E-state index contributed by atoms with van der Waals surface area (Å²) in [6.45, 7) is 2.15. The van der Waals surface area contributed by atoms with Gasteiger partial charge in [-0.25, -0.2) is 0 Å². The molecule has 1 rings (SSSR count). The van der Waals surface area contributed by atoms with E-state index in [1.54, 1.807) is 0 Å². The van der Waals surface area contributed by atoms with Gasteiger partial charge in [-0.05, 0) is 24.6 Å². The van der Waals surface area contributed by atoms with E-state index in [4.69, 9.17) is 5.26 Å². The third-order valence-corrected chi connectivity index (χ3v) is 4.43. The van der Waals surface area contributed by atoms with Crippen LogP contribution in [0.4, 0.5) is 18.9 Å². The lowest BCUT2D eigenvalue weighted by molar-refractivity contribution is -0.137. The SMILES string of the molecule is CCCCN(C)S(=O)(=O)Nc1ccc(C#N)c(C(F)(F)F)c1. The largest absolute Gasteiger partial charge is 0.417 e. The molecule has 122 valence electrons. The van der Waals surface area contributed by atoms with Crippen molar-refractivity contribution in [2.24, 2.45) is 0 Å². The van der Waals surface area contributed by atoms with Gasteiger partial charge >= 0.3 is 16.4 Å². The minimum Gasteiger partial charge on any atom is -0.271 e. The normalized spacial score (nSPS) is 12.2. The van der Waals surface area contributed by atoms with Gasteiger partial charge in [0.05, 0.1) is 22.9 Å². The van der Waals surface area contributed by atoms with Crippen molar-refractivity contribution in [1.82, 2.24) is 4.31 Å². The fourth-order valence-electron chi connectivity index (χ4n) is 1.67. The molecule has 0 aliphatic rings. The second-order valence-corrected chi connectivity index (χ2v) is 6.43. The van der Waals surface area contributed by atoms with Crippen molar-refractivity contribution < 1.29 is 21.6 Å². The van der Waals surface area contributed by atoms with Gasteiger partial charge < -0.3 is 0 Å². The first kappa shape index (κ1) is 18.3. The van der Waals surface area contributed by atoms with Crippen molar-refractivity contribution in [1.29, 1.82) is 5.26 Å². The molecule has 0 spiro atoms. The second-order valence-electron chi connectivity index (χ2n) is 4.65. The average Bonchev–Trinajstić information content (AvgIpc) is 2.43. The molecule has 0 heterocycles. The van der Waals surface area contributed by atoms with Crippen LogP contribution in [-0.2, 0) is 16.4 Å². The fourth-order valence-corrected chi connectivity index (χ4v) is 2.62. The van der Waals surface area contributed by atoms with Crippen molar-refractivity contribution in [2.75, 3.05) is 18.3 Å². The molecule has 5 nitrogen and oxygen atoms in total. The van der Waals surface area contributed by atoms with E-state index in [1.807, 2.05) is 6.92 Å². The lowest BCUT2D eigenvalue weighted by atomic mass is 10.1. The van der Waals surface area contributed by atoms with Crippen LogP contribution in [-0.4, -0.2) is 26.3 Å². The molecule has 0 saturated carbocycles. The molecule has 0 amide bonds. The maximum atomic E-state index is 12.8. The first-order chi connectivity index (χ1) is 10.1. The van der Waals surface area contributed by atoms with Crippen LogP contribution in [0.1, 0.15) is 30.9 Å². The van der Waals surface area contributed by atoms with Gasteiger partial charge in [-0.1, -0.05) is 13.3 Å². The number of rotatable bonds is 6. The number of nitrogens with one attached hydrogen (secondary N) is 1. The Kier molecular flexibility index (Phi) is 5.79. The lowest BCUT2D eigenvalue weighted by Crippen LogP contribution is -2.33.